The van der Waals surface area contributed by atoms with Crippen LogP contribution >= 0.6 is 7.53 Å². The van der Waals surface area contributed by atoms with Crippen LogP contribution in [-0.4, -0.2) is 0 Å². The largest absolute Gasteiger partial charge is 0.455 e. The van der Waals surface area contributed by atoms with Crippen LogP contribution in [0.25, 0.3) is 59.7 Å². The molecule has 9 aromatic carbocycles. The van der Waals surface area contributed by atoms with Crippen LogP contribution in [0.4, 0.5) is 34.1 Å². The lowest BCUT2D eigenvalue weighted by Gasteiger charge is -2.25. The molecule has 0 aliphatic heterocycles. The highest BCUT2D eigenvalue weighted by molar-refractivity contribution is 7.68. The summed E-state index contributed by atoms with van der Waals surface area (Å²) >= 11 is 0. The van der Waals surface area contributed by atoms with Crippen molar-refractivity contribution in [3.63, 3.8) is 0 Å². The van der Waals surface area contributed by atoms with E-state index in [4.69, 9.17) is 4.42 Å². The Kier molecular flexibility index (Phi) is 9.07. The number of fused-ring (bicyclic) bond motifs is 5. The number of hydrogen-bond acceptors (Lipinski definition) is 3. The van der Waals surface area contributed by atoms with Gasteiger partial charge >= 0.3 is 0 Å². The number of hydrogen-bond donors (Lipinski definition) is 0. The Hall–Kier alpha value is -7.58. The van der Waals surface area contributed by atoms with Gasteiger partial charge in [0.05, 0.1) is 5.12 Å². The van der Waals surface area contributed by atoms with Gasteiger partial charge in [-0.25, -0.2) is 0 Å². The second kappa shape index (κ2) is 15.3. The molecular formula is C56H39N2OP. The zero-order chi connectivity index (χ0) is 39.8. The number of anilines is 6. The van der Waals surface area contributed by atoms with Crippen molar-refractivity contribution < 1.29 is 4.42 Å². The molecule has 1 unspecified atom stereocenters. The van der Waals surface area contributed by atoms with Gasteiger partial charge in [-0.05, 0) is 125 Å². The van der Waals surface area contributed by atoms with Gasteiger partial charge in [0.1, 0.15) is 11.2 Å². The summed E-state index contributed by atoms with van der Waals surface area (Å²) in [6.07, 6.45) is 0. The fraction of sp³-hybridized carbons (Fsp3) is 0. The fourth-order valence-corrected chi connectivity index (χ4v) is 11.2. The third-order valence-electron chi connectivity index (χ3n) is 11.4. The van der Waals surface area contributed by atoms with Gasteiger partial charge in [0.15, 0.2) is 0 Å². The molecule has 0 saturated carbocycles. The molecule has 0 N–H and O–H groups in total. The molecule has 4 heteroatoms. The van der Waals surface area contributed by atoms with Gasteiger partial charge in [-0.2, -0.15) is 0 Å². The maximum atomic E-state index is 6.87. The minimum atomic E-state index is -0.835. The highest BCUT2D eigenvalue weighted by Crippen LogP contribution is 2.58. The van der Waals surface area contributed by atoms with Crippen LogP contribution in [-0.2, 0) is 0 Å². The normalized spacial score (nSPS) is 11.6. The minimum absolute atomic E-state index is 0.835. The summed E-state index contributed by atoms with van der Waals surface area (Å²) in [5.74, 6) is 0. The molecule has 2 aromatic heterocycles. The molecule has 0 spiro atoms. The molecular weight excluding hydrogens is 748 g/mol. The molecule has 0 amide bonds. The van der Waals surface area contributed by atoms with Gasteiger partial charge in [0.25, 0.3) is 0 Å². The first kappa shape index (κ1) is 35.6. The van der Waals surface area contributed by atoms with Gasteiger partial charge in [-0.3, -0.25) is 0 Å². The highest BCUT2D eigenvalue weighted by Gasteiger charge is 2.22. The molecule has 1 atom stereocenters. The smallest absolute Gasteiger partial charge is 0.147 e. The zero-order valence-corrected chi connectivity index (χ0v) is 33.7. The minimum Gasteiger partial charge on any atom is -0.455 e. The van der Waals surface area contributed by atoms with Crippen molar-refractivity contribution in [3.05, 3.63) is 237 Å². The van der Waals surface area contributed by atoms with Gasteiger partial charge in [-0.1, -0.05) is 147 Å². The molecule has 284 valence electrons. The Labute approximate surface area is 350 Å². The van der Waals surface area contributed by atoms with Crippen LogP contribution < -0.4 is 9.80 Å². The van der Waals surface area contributed by atoms with Crippen molar-refractivity contribution in [2.45, 2.75) is 0 Å². The predicted molar refractivity (Wildman–Crippen MR) is 256 cm³/mol. The van der Waals surface area contributed by atoms with E-state index >= 15 is 0 Å². The van der Waals surface area contributed by atoms with Crippen LogP contribution in [0.3, 0.4) is 0 Å². The lowest BCUT2D eigenvalue weighted by atomic mass is 10.0. The summed E-state index contributed by atoms with van der Waals surface area (Å²) in [5.41, 5.74) is 13.3. The standard InChI is InChI=1S/C56H39N2OP/c1-6-16-44(17-7-1)57(45-18-8-2-9-19-45)48-32-26-40(27-33-48)42-30-36-53-51(38-42)56-55(59-53)52-39-43(31-37-54(52)60(56)50-24-14-5-15-25-50)41-28-34-49(35-29-41)58(46-20-10-3-11-21-46)47-22-12-4-13-23-47/h1-39H. The Morgan fingerprint density at radius 1 is 0.317 bits per heavy atom. The summed E-state index contributed by atoms with van der Waals surface area (Å²) in [6.45, 7) is 0. The molecule has 0 bridgehead atoms. The molecule has 60 heavy (non-hydrogen) atoms. The van der Waals surface area contributed by atoms with E-state index in [2.05, 4.69) is 246 Å². The second-order valence-electron chi connectivity index (χ2n) is 15.0. The molecule has 0 saturated heterocycles. The number of benzene rings is 9. The summed E-state index contributed by atoms with van der Waals surface area (Å²) < 4.78 is 6.87. The van der Waals surface area contributed by atoms with Crippen molar-refractivity contribution in [2.75, 3.05) is 9.80 Å². The van der Waals surface area contributed by atoms with Crippen molar-refractivity contribution >= 4 is 73.8 Å². The Balaban J connectivity index is 0.995. The van der Waals surface area contributed by atoms with Crippen LogP contribution in [0.5, 0.6) is 0 Å². The summed E-state index contributed by atoms with van der Waals surface area (Å²) in [6, 6.07) is 84.7. The number of furan rings is 1. The number of para-hydroxylation sites is 4. The lowest BCUT2D eigenvalue weighted by Crippen LogP contribution is -2.09. The third kappa shape index (κ3) is 6.43. The summed E-state index contributed by atoms with van der Waals surface area (Å²) in [4.78, 5) is 4.60. The topological polar surface area (TPSA) is 19.6 Å². The first-order chi connectivity index (χ1) is 29.8. The monoisotopic (exact) mass is 786 g/mol. The number of nitrogens with zero attached hydrogens (tertiary/aromatic N) is 2. The van der Waals surface area contributed by atoms with E-state index in [-0.39, 0.29) is 0 Å². The second-order valence-corrected chi connectivity index (χ2v) is 17.1. The van der Waals surface area contributed by atoms with E-state index < -0.39 is 7.53 Å². The van der Waals surface area contributed by atoms with Crippen LogP contribution in [0.15, 0.2) is 241 Å². The van der Waals surface area contributed by atoms with E-state index in [0.29, 0.717) is 0 Å². The lowest BCUT2D eigenvalue weighted by molar-refractivity contribution is 0.673. The SMILES string of the molecule is c1ccc(N(c2ccccc2)c2ccc(-c3ccc4c(c3)c3oc5ccc(-c6ccc(N(c7ccccc7)c7ccccc7)cc6)cc5c3p4-c3ccccc3)cc2)cc1. The van der Waals surface area contributed by atoms with Crippen molar-refractivity contribution in [2.24, 2.45) is 0 Å². The molecule has 0 aliphatic carbocycles. The van der Waals surface area contributed by atoms with Gasteiger partial charge in [-0.15, -0.1) is 0 Å². The average molecular weight is 787 g/mol. The van der Waals surface area contributed by atoms with Crippen LogP contribution in [0.1, 0.15) is 0 Å². The maximum absolute atomic E-state index is 6.87. The zero-order valence-electron chi connectivity index (χ0n) is 32.8. The van der Waals surface area contributed by atoms with Crippen molar-refractivity contribution in [1.82, 2.24) is 0 Å². The van der Waals surface area contributed by atoms with Gasteiger partial charge in [0.2, 0.25) is 0 Å². The molecule has 2 heterocycles. The van der Waals surface area contributed by atoms with Gasteiger partial charge in [0, 0.05) is 50.0 Å². The van der Waals surface area contributed by atoms with Crippen molar-refractivity contribution in [1.29, 1.82) is 0 Å². The van der Waals surface area contributed by atoms with E-state index in [1.165, 1.54) is 48.6 Å². The molecule has 11 aromatic rings. The quantitative estimate of drug-likeness (QED) is 0.145. The summed E-state index contributed by atoms with van der Waals surface area (Å²) in [7, 11) is -0.835. The number of rotatable bonds is 9. The molecule has 0 fully saturated rings. The van der Waals surface area contributed by atoms with Gasteiger partial charge < -0.3 is 14.2 Å². The molecule has 3 nitrogen and oxygen atoms in total. The first-order valence-electron chi connectivity index (χ1n) is 20.3. The molecule has 11 rings (SSSR count). The van der Waals surface area contributed by atoms with Crippen LogP contribution in [0, 0.1) is 0 Å². The Morgan fingerprint density at radius 3 is 1.13 bits per heavy atom. The van der Waals surface area contributed by atoms with E-state index in [1.807, 2.05) is 0 Å². The summed E-state index contributed by atoms with van der Waals surface area (Å²) in [5, 5.41) is 6.32. The fourth-order valence-electron chi connectivity index (χ4n) is 8.54. The predicted octanol–water partition coefficient (Wildman–Crippen LogP) is 17.0. The van der Waals surface area contributed by atoms with Crippen molar-refractivity contribution in [3.8, 4) is 27.6 Å². The van der Waals surface area contributed by atoms with Crippen LogP contribution in [0.2, 0.25) is 0 Å². The Bertz CT molecular complexity index is 3000. The Morgan fingerprint density at radius 2 is 0.683 bits per heavy atom. The first-order valence-corrected chi connectivity index (χ1v) is 21.7. The average Bonchev–Trinajstić information content (AvgIpc) is 3.85. The third-order valence-corrected chi connectivity index (χ3v) is 13.9. The highest BCUT2D eigenvalue weighted by atomic mass is 31.1. The van der Waals surface area contributed by atoms with E-state index in [1.54, 1.807) is 0 Å². The molecule has 0 aliphatic rings. The maximum Gasteiger partial charge on any atom is 0.147 e. The van der Waals surface area contributed by atoms with E-state index in [9.17, 15) is 0 Å². The molecule has 0 radical (unpaired) electrons. The van der Waals surface area contributed by atoms with E-state index in [0.717, 1.165) is 45.3 Å².